The van der Waals surface area contributed by atoms with Crippen molar-refractivity contribution >= 4 is 21.7 Å². The quantitative estimate of drug-likeness (QED) is 0.775. The summed E-state index contributed by atoms with van der Waals surface area (Å²) < 4.78 is 6.27. The minimum atomic E-state index is 0.0334. The zero-order chi connectivity index (χ0) is 10.7. The number of ether oxygens (including phenoxy) is 1. The lowest BCUT2D eigenvalue weighted by atomic mass is 10.1. The van der Waals surface area contributed by atoms with E-state index in [1.54, 1.807) is 13.0 Å². The van der Waals surface area contributed by atoms with Gasteiger partial charge in [-0.1, -0.05) is 12.1 Å². The Hall–Kier alpha value is -0.830. The van der Waals surface area contributed by atoms with Gasteiger partial charge in [-0.05, 0) is 42.8 Å². The number of Topliss-reactive ketones (excluding diaryl/α,β-unsaturated/α-hetero) is 1. The maximum atomic E-state index is 11.2. The third kappa shape index (κ3) is 2.58. The van der Waals surface area contributed by atoms with Crippen molar-refractivity contribution in [1.82, 2.24) is 0 Å². The zero-order valence-corrected chi connectivity index (χ0v) is 10.1. The molecular formula is C11H13BrO2. The second-order valence-electron chi connectivity index (χ2n) is 3.34. The van der Waals surface area contributed by atoms with Crippen LogP contribution in [0.25, 0.3) is 0 Å². The Morgan fingerprint density at radius 1 is 1.43 bits per heavy atom. The van der Waals surface area contributed by atoms with Crippen LogP contribution in [0.15, 0.2) is 22.7 Å². The van der Waals surface area contributed by atoms with E-state index in [9.17, 15) is 4.79 Å². The molecule has 1 aromatic rings. The second-order valence-corrected chi connectivity index (χ2v) is 4.13. The molecule has 3 heteroatoms. The molecule has 0 atom stereocenters. The molecule has 0 aliphatic heterocycles. The van der Waals surface area contributed by atoms with Gasteiger partial charge in [0, 0.05) is 5.56 Å². The van der Waals surface area contributed by atoms with Crippen LogP contribution in [-0.2, 0) is 0 Å². The Balaban J connectivity index is 3.07. The number of carbonyl (C=O) groups is 1. The van der Waals surface area contributed by atoms with Crippen LogP contribution in [0, 0.1) is 0 Å². The van der Waals surface area contributed by atoms with Crippen LogP contribution < -0.4 is 4.74 Å². The molecule has 0 aliphatic rings. The average Bonchev–Trinajstić information content (AvgIpc) is 2.07. The largest absolute Gasteiger partial charge is 0.490 e. The highest BCUT2D eigenvalue weighted by Gasteiger charge is 2.10. The van der Waals surface area contributed by atoms with Crippen LogP contribution in [0.5, 0.6) is 5.75 Å². The number of hydrogen-bond acceptors (Lipinski definition) is 2. The Kier molecular flexibility index (Phi) is 3.69. The molecule has 0 unspecified atom stereocenters. The van der Waals surface area contributed by atoms with Gasteiger partial charge in [-0.15, -0.1) is 0 Å². The maximum Gasteiger partial charge on any atom is 0.161 e. The minimum absolute atomic E-state index is 0.0334. The molecule has 2 nitrogen and oxygen atoms in total. The van der Waals surface area contributed by atoms with E-state index in [1.807, 2.05) is 26.0 Å². The molecule has 1 rings (SSSR count). The molecule has 76 valence electrons. The van der Waals surface area contributed by atoms with Crippen molar-refractivity contribution in [3.8, 4) is 5.75 Å². The summed E-state index contributed by atoms with van der Waals surface area (Å²) in [6, 6.07) is 5.44. The van der Waals surface area contributed by atoms with Gasteiger partial charge in [-0.25, -0.2) is 0 Å². The van der Waals surface area contributed by atoms with Crippen LogP contribution in [0.2, 0.25) is 0 Å². The molecule has 0 spiro atoms. The molecule has 0 bridgehead atoms. The number of hydrogen-bond donors (Lipinski definition) is 0. The second kappa shape index (κ2) is 4.60. The highest BCUT2D eigenvalue weighted by molar-refractivity contribution is 9.10. The zero-order valence-electron chi connectivity index (χ0n) is 8.50. The molecule has 0 saturated carbocycles. The predicted octanol–water partition coefficient (Wildman–Crippen LogP) is 3.44. The summed E-state index contributed by atoms with van der Waals surface area (Å²) in [5, 5.41) is 0. The molecule has 0 heterocycles. The van der Waals surface area contributed by atoms with E-state index in [2.05, 4.69) is 15.9 Å². The topological polar surface area (TPSA) is 26.3 Å². The van der Waals surface area contributed by atoms with E-state index < -0.39 is 0 Å². The SMILES string of the molecule is CC(=O)c1cccc(OC(C)C)c1Br. The van der Waals surface area contributed by atoms with E-state index in [1.165, 1.54) is 0 Å². The van der Waals surface area contributed by atoms with E-state index >= 15 is 0 Å². The van der Waals surface area contributed by atoms with Crippen molar-refractivity contribution < 1.29 is 9.53 Å². The fourth-order valence-corrected chi connectivity index (χ4v) is 1.76. The van der Waals surface area contributed by atoms with E-state index in [4.69, 9.17) is 4.74 Å². The Morgan fingerprint density at radius 3 is 2.57 bits per heavy atom. The molecule has 0 amide bonds. The summed E-state index contributed by atoms with van der Waals surface area (Å²) in [5.41, 5.74) is 0.656. The summed E-state index contributed by atoms with van der Waals surface area (Å²) >= 11 is 3.36. The molecule has 0 aliphatic carbocycles. The van der Waals surface area contributed by atoms with Gasteiger partial charge in [-0.3, -0.25) is 4.79 Å². The van der Waals surface area contributed by atoms with Crippen LogP contribution >= 0.6 is 15.9 Å². The van der Waals surface area contributed by atoms with Gasteiger partial charge < -0.3 is 4.74 Å². The monoisotopic (exact) mass is 256 g/mol. The molecular weight excluding hydrogens is 244 g/mol. The first-order valence-electron chi connectivity index (χ1n) is 4.48. The van der Waals surface area contributed by atoms with Gasteiger partial charge >= 0.3 is 0 Å². The molecule has 0 radical (unpaired) electrons. The molecule has 1 aromatic carbocycles. The van der Waals surface area contributed by atoms with E-state index in [-0.39, 0.29) is 11.9 Å². The maximum absolute atomic E-state index is 11.2. The van der Waals surface area contributed by atoms with Crippen molar-refractivity contribution in [2.45, 2.75) is 26.9 Å². The lowest BCUT2D eigenvalue weighted by molar-refractivity contribution is 0.101. The normalized spacial score (nSPS) is 10.4. The number of rotatable bonds is 3. The first-order valence-corrected chi connectivity index (χ1v) is 5.27. The molecule has 0 aromatic heterocycles. The molecule has 14 heavy (non-hydrogen) atoms. The Bertz CT molecular complexity index is 345. The van der Waals surface area contributed by atoms with Crippen LogP contribution in [0.1, 0.15) is 31.1 Å². The highest BCUT2D eigenvalue weighted by Crippen LogP contribution is 2.29. The van der Waals surface area contributed by atoms with Gasteiger partial charge in [0.15, 0.2) is 5.78 Å². The Morgan fingerprint density at radius 2 is 2.07 bits per heavy atom. The molecule has 0 N–H and O–H groups in total. The fourth-order valence-electron chi connectivity index (χ4n) is 1.13. The Labute approximate surface area is 92.4 Å². The number of carbonyl (C=O) groups excluding carboxylic acids is 1. The van der Waals surface area contributed by atoms with E-state index in [0.29, 0.717) is 11.3 Å². The fraction of sp³-hybridized carbons (Fsp3) is 0.364. The summed E-state index contributed by atoms with van der Waals surface area (Å²) in [6.07, 6.45) is 0.105. The number of halogens is 1. The number of ketones is 1. The van der Waals surface area contributed by atoms with Crippen molar-refractivity contribution in [2.24, 2.45) is 0 Å². The van der Waals surface area contributed by atoms with Crippen LogP contribution in [0.4, 0.5) is 0 Å². The van der Waals surface area contributed by atoms with Crippen molar-refractivity contribution in [3.05, 3.63) is 28.2 Å². The van der Waals surface area contributed by atoms with Gasteiger partial charge in [0.1, 0.15) is 5.75 Å². The predicted molar refractivity (Wildman–Crippen MR) is 59.9 cm³/mol. The first kappa shape index (κ1) is 11.2. The van der Waals surface area contributed by atoms with Gasteiger partial charge in [0.25, 0.3) is 0 Å². The summed E-state index contributed by atoms with van der Waals surface area (Å²) in [4.78, 5) is 11.2. The first-order chi connectivity index (χ1) is 6.52. The summed E-state index contributed by atoms with van der Waals surface area (Å²) in [5.74, 6) is 0.749. The smallest absolute Gasteiger partial charge is 0.161 e. The van der Waals surface area contributed by atoms with Crippen LogP contribution in [-0.4, -0.2) is 11.9 Å². The third-order valence-corrected chi connectivity index (χ3v) is 2.52. The van der Waals surface area contributed by atoms with Crippen molar-refractivity contribution in [1.29, 1.82) is 0 Å². The van der Waals surface area contributed by atoms with Crippen molar-refractivity contribution in [2.75, 3.05) is 0 Å². The molecule has 0 saturated heterocycles. The number of benzene rings is 1. The van der Waals surface area contributed by atoms with Gasteiger partial charge in [0.2, 0.25) is 0 Å². The van der Waals surface area contributed by atoms with Crippen molar-refractivity contribution in [3.63, 3.8) is 0 Å². The van der Waals surface area contributed by atoms with Gasteiger partial charge in [-0.2, -0.15) is 0 Å². The highest BCUT2D eigenvalue weighted by atomic mass is 79.9. The molecule has 0 fully saturated rings. The standard InChI is InChI=1S/C11H13BrO2/c1-7(2)14-10-6-4-5-9(8(3)13)11(10)12/h4-7H,1-3H3. The summed E-state index contributed by atoms with van der Waals surface area (Å²) in [6.45, 7) is 5.44. The minimum Gasteiger partial charge on any atom is -0.490 e. The summed E-state index contributed by atoms with van der Waals surface area (Å²) in [7, 11) is 0. The lowest BCUT2D eigenvalue weighted by Gasteiger charge is -2.12. The van der Waals surface area contributed by atoms with E-state index in [0.717, 1.165) is 4.47 Å². The lowest BCUT2D eigenvalue weighted by Crippen LogP contribution is -2.07. The van der Waals surface area contributed by atoms with Gasteiger partial charge in [0.05, 0.1) is 10.6 Å². The average molecular weight is 257 g/mol. The van der Waals surface area contributed by atoms with Crippen LogP contribution in [0.3, 0.4) is 0 Å². The third-order valence-electron chi connectivity index (χ3n) is 1.71.